The largest absolute Gasteiger partial charge is 0.349 e. The van der Waals surface area contributed by atoms with Crippen LogP contribution in [0.4, 0.5) is 0 Å². The van der Waals surface area contributed by atoms with E-state index in [9.17, 15) is 4.79 Å². The number of alkyl halides is 1. The van der Waals surface area contributed by atoms with Crippen LogP contribution in [0, 0.1) is 12.8 Å². The fraction of sp³-hybridized carbons (Fsp3) is 0.538. The Labute approximate surface area is 108 Å². The first-order chi connectivity index (χ1) is 8.04. The average molecular weight is 255 g/mol. The van der Waals surface area contributed by atoms with Crippen molar-refractivity contribution >= 4 is 17.5 Å². The normalized spacial score (nSPS) is 12.5. The molecule has 1 amide bonds. The number of carbonyl (C=O) groups excluding carboxylic acids is 1. The van der Waals surface area contributed by atoms with Gasteiger partial charge in [-0.15, -0.1) is 11.6 Å². The number of nitrogens with one attached hydrogen (secondary N) is 1. The molecular weight excluding hydrogens is 236 g/mol. The first-order valence-electron chi connectivity index (χ1n) is 5.84. The second-order valence-corrected chi connectivity index (χ2v) is 4.87. The van der Waals surface area contributed by atoms with Gasteiger partial charge in [0.25, 0.3) is 5.91 Å². The fourth-order valence-corrected chi connectivity index (χ4v) is 1.86. The molecule has 94 valence electrons. The summed E-state index contributed by atoms with van der Waals surface area (Å²) in [5.74, 6) is 0.873. The van der Waals surface area contributed by atoms with Crippen molar-refractivity contribution in [2.24, 2.45) is 5.92 Å². The Kier molecular flexibility index (Phi) is 5.42. The van der Waals surface area contributed by atoms with Crippen LogP contribution in [0.5, 0.6) is 0 Å². The molecule has 0 spiro atoms. The SMILES string of the molecule is Cc1cc(C(=O)NC(CCCl)C(C)C)ccn1. The van der Waals surface area contributed by atoms with E-state index in [-0.39, 0.29) is 11.9 Å². The molecule has 0 bridgehead atoms. The number of carbonyl (C=O) groups is 1. The van der Waals surface area contributed by atoms with Crippen molar-refractivity contribution < 1.29 is 4.79 Å². The molecule has 0 fully saturated rings. The van der Waals surface area contributed by atoms with E-state index in [1.165, 1.54) is 0 Å². The van der Waals surface area contributed by atoms with E-state index in [1.54, 1.807) is 18.3 Å². The van der Waals surface area contributed by atoms with Crippen LogP contribution in [0.1, 0.15) is 36.3 Å². The molecule has 0 aliphatic heterocycles. The Morgan fingerprint density at radius 2 is 2.24 bits per heavy atom. The molecular formula is C13H19ClN2O. The zero-order valence-corrected chi connectivity index (χ0v) is 11.3. The van der Waals surface area contributed by atoms with Gasteiger partial charge >= 0.3 is 0 Å². The molecule has 0 aliphatic rings. The lowest BCUT2D eigenvalue weighted by Gasteiger charge is -2.21. The highest BCUT2D eigenvalue weighted by molar-refractivity contribution is 6.17. The minimum absolute atomic E-state index is 0.0562. The Morgan fingerprint density at radius 3 is 2.76 bits per heavy atom. The molecule has 0 aromatic carbocycles. The summed E-state index contributed by atoms with van der Waals surface area (Å²) in [6, 6.07) is 3.63. The number of rotatable bonds is 5. The van der Waals surface area contributed by atoms with Gasteiger partial charge in [-0.25, -0.2) is 0 Å². The molecule has 1 heterocycles. The summed E-state index contributed by atoms with van der Waals surface area (Å²) in [6.07, 6.45) is 2.44. The maximum absolute atomic E-state index is 12.0. The van der Waals surface area contributed by atoms with Crippen LogP contribution in [0.25, 0.3) is 0 Å². The summed E-state index contributed by atoms with van der Waals surface area (Å²) in [4.78, 5) is 16.1. The van der Waals surface area contributed by atoms with Crippen molar-refractivity contribution in [2.45, 2.75) is 33.2 Å². The predicted octanol–water partition coefficient (Wildman–Crippen LogP) is 2.77. The first kappa shape index (κ1) is 14.0. The van der Waals surface area contributed by atoms with Crippen molar-refractivity contribution in [1.29, 1.82) is 0 Å². The van der Waals surface area contributed by atoms with E-state index < -0.39 is 0 Å². The van der Waals surface area contributed by atoms with Crippen LogP contribution >= 0.6 is 11.6 Å². The molecule has 0 saturated carbocycles. The highest BCUT2D eigenvalue weighted by atomic mass is 35.5. The number of aryl methyl sites for hydroxylation is 1. The lowest BCUT2D eigenvalue weighted by atomic mass is 10.0. The van der Waals surface area contributed by atoms with Crippen LogP contribution < -0.4 is 5.32 Å². The van der Waals surface area contributed by atoms with Crippen molar-refractivity contribution in [3.05, 3.63) is 29.6 Å². The summed E-state index contributed by atoms with van der Waals surface area (Å²) in [6.45, 7) is 6.03. The van der Waals surface area contributed by atoms with Crippen LogP contribution in [0.2, 0.25) is 0 Å². The van der Waals surface area contributed by atoms with Crippen molar-refractivity contribution in [2.75, 3.05) is 5.88 Å². The second-order valence-electron chi connectivity index (χ2n) is 4.49. The molecule has 17 heavy (non-hydrogen) atoms. The Morgan fingerprint density at radius 1 is 1.53 bits per heavy atom. The predicted molar refractivity (Wildman–Crippen MR) is 70.4 cm³/mol. The number of hydrogen-bond acceptors (Lipinski definition) is 2. The third-order valence-electron chi connectivity index (χ3n) is 2.70. The zero-order valence-electron chi connectivity index (χ0n) is 10.5. The van der Waals surface area contributed by atoms with Crippen LogP contribution in [-0.4, -0.2) is 22.8 Å². The van der Waals surface area contributed by atoms with Gasteiger partial charge < -0.3 is 5.32 Å². The van der Waals surface area contributed by atoms with Gasteiger partial charge in [-0.1, -0.05) is 13.8 Å². The molecule has 1 atom stereocenters. The maximum Gasteiger partial charge on any atom is 0.251 e. The summed E-state index contributed by atoms with van der Waals surface area (Å²) < 4.78 is 0. The highest BCUT2D eigenvalue weighted by Gasteiger charge is 2.16. The van der Waals surface area contributed by atoms with Gasteiger partial charge in [0.2, 0.25) is 0 Å². The first-order valence-corrected chi connectivity index (χ1v) is 6.37. The standard InChI is InChI=1S/C13H19ClN2O/c1-9(2)12(4-6-14)16-13(17)11-5-7-15-10(3)8-11/h5,7-9,12H,4,6H2,1-3H3,(H,16,17). The van der Waals surface area contributed by atoms with E-state index in [1.807, 2.05) is 6.92 Å². The third kappa shape index (κ3) is 4.35. The van der Waals surface area contributed by atoms with Gasteiger partial charge in [0, 0.05) is 29.4 Å². The Bertz CT molecular complexity index is 379. The molecule has 1 aromatic rings. The fourth-order valence-electron chi connectivity index (χ4n) is 1.63. The van der Waals surface area contributed by atoms with Crippen molar-refractivity contribution in [1.82, 2.24) is 10.3 Å². The minimum atomic E-state index is -0.0562. The van der Waals surface area contributed by atoms with Gasteiger partial charge in [-0.2, -0.15) is 0 Å². The Hall–Kier alpha value is -1.09. The smallest absolute Gasteiger partial charge is 0.251 e. The van der Waals surface area contributed by atoms with Crippen LogP contribution in [0.15, 0.2) is 18.3 Å². The Balaban J connectivity index is 2.70. The monoisotopic (exact) mass is 254 g/mol. The maximum atomic E-state index is 12.0. The lowest BCUT2D eigenvalue weighted by molar-refractivity contribution is 0.0924. The number of aromatic nitrogens is 1. The van der Waals surface area contributed by atoms with E-state index in [0.29, 0.717) is 17.4 Å². The van der Waals surface area contributed by atoms with Crippen molar-refractivity contribution in [3.63, 3.8) is 0 Å². The van der Waals surface area contributed by atoms with Gasteiger partial charge in [0.1, 0.15) is 0 Å². The molecule has 1 N–H and O–H groups in total. The molecule has 1 aromatic heterocycles. The summed E-state index contributed by atoms with van der Waals surface area (Å²) >= 11 is 5.73. The van der Waals surface area contributed by atoms with E-state index in [2.05, 4.69) is 24.1 Å². The second kappa shape index (κ2) is 6.60. The van der Waals surface area contributed by atoms with Gasteiger partial charge in [-0.3, -0.25) is 9.78 Å². The molecule has 4 heteroatoms. The topological polar surface area (TPSA) is 42.0 Å². The number of hydrogen-bond donors (Lipinski definition) is 1. The average Bonchev–Trinajstić information content (AvgIpc) is 2.28. The number of amides is 1. The number of pyridine rings is 1. The van der Waals surface area contributed by atoms with Crippen LogP contribution in [-0.2, 0) is 0 Å². The van der Waals surface area contributed by atoms with E-state index in [4.69, 9.17) is 11.6 Å². The quantitative estimate of drug-likeness (QED) is 0.821. The summed E-state index contributed by atoms with van der Waals surface area (Å²) in [7, 11) is 0. The zero-order chi connectivity index (χ0) is 12.8. The molecule has 0 saturated heterocycles. The number of nitrogens with zero attached hydrogens (tertiary/aromatic N) is 1. The lowest BCUT2D eigenvalue weighted by Crippen LogP contribution is -2.38. The third-order valence-corrected chi connectivity index (χ3v) is 2.92. The van der Waals surface area contributed by atoms with Crippen LogP contribution in [0.3, 0.4) is 0 Å². The highest BCUT2D eigenvalue weighted by Crippen LogP contribution is 2.09. The molecule has 3 nitrogen and oxygen atoms in total. The van der Waals surface area contributed by atoms with Gasteiger partial charge in [-0.05, 0) is 31.4 Å². The molecule has 0 aliphatic carbocycles. The van der Waals surface area contributed by atoms with Crippen molar-refractivity contribution in [3.8, 4) is 0 Å². The molecule has 0 radical (unpaired) electrons. The van der Waals surface area contributed by atoms with Gasteiger partial charge in [0.15, 0.2) is 0 Å². The molecule has 1 unspecified atom stereocenters. The van der Waals surface area contributed by atoms with Gasteiger partial charge in [0.05, 0.1) is 0 Å². The summed E-state index contributed by atoms with van der Waals surface area (Å²) in [5.41, 5.74) is 1.49. The summed E-state index contributed by atoms with van der Waals surface area (Å²) in [5, 5.41) is 3.01. The molecule has 1 rings (SSSR count). The minimum Gasteiger partial charge on any atom is -0.349 e. The number of halogens is 1. The van der Waals surface area contributed by atoms with E-state index in [0.717, 1.165) is 12.1 Å². The van der Waals surface area contributed by atoms with E-state index >= 15 is 0 Å².